The molecule has 6 nitrogen and oxygen atoms in total. The summed E-state index contributed by atoms with van der Waals surface area (Å²) in [5.74, 6) is -1.40. The Kier molecular flexibility index (Phi) is 6.41. The fourth-order valence-corrected chi connectivity index (χ4v) is 5.02. The number of hydrogen-bond acceptors (Lipinski definition) is 5. The Morgan fingerprint density at radius 2 is 1.63 bits per heavy atom. The second-order valence-electron chi connectivity index (χ2n) is 8.13. The van der Waals surface area contributed by atoms with Crippen LogP contribution >= 0.6 is 11.8 Å². The minimum absolute atomic E-state index is 0.0328. The highest BCUT2D eigenvalue weighted by Crippen LogP contribution is 2.38. The number of thioether (sulfide) groups is 1. The number of amides is 2. The molecular formula is C26H20F2N4O2S. The zero-order valence-electron chi connectivity index (χ0n) is 18.4. The first kappa shape index (κ1) is 22.9. The van der Waals surface area contributed by atoms with Crippen LogP contribution in [0.1, 0.15) is 30.0 Å². The number of halogens is 2. The number of anilines is 1. The normalized spacial score (nSPS) is 19.5. The molecule has 176 valence electrons. The highest BCUT2D eigenvalue weighted by atomic mass is 32.2. The Bertz CT molecular complexity index is 1310. The Labute approximate surface area is 204 Å². The molecule has 3 aromatic rings. The third kappa shape index (κ3) is 5.14. The zero-order chi connectivity index (χ0) is 24.4. The molecule has 2 amide bonds. The molecule has 0 saturated carbocycles. The van der Waals surface area contributed by atoms with Crippen molar-refractivity contribution in [3.63, 3.8) is 0 Å². The van der Waals surface area contributed by atoms with Crippen LogP contribution in [0.15, 0.2) is 89.0 Å². The third-order valence-electron chi connectivity index (χ3n) is 5.70. The van der Waals surface area contributed by atoms with E-state index in [2.05, 4.69) is 10.3 Å². The van der Waals surface area contributed by atoms with Crippen molar-refractivity contribution in [3.05, 3.63) is 102 Å². The molecular weight excluding hydrogens is 470 g/mol. The fourth-order valence-electron chi connectivity index (χ4n) is 3.95. The topological polar surface area (TPSA) is 74.1 Å². The van der Waals surface area contributed by atoms with Crippen molar-refractivity contribution >= 4 is 40.1 Å². The monoisotopic (exact) mass is 490 g/mol. The first-order valence-electron chi connectivity index (χ1n) is 11.0. The molecule has 5 rings (SSSR count). The number of rotatable bonds is 5. The van der Waals surface area contributed by atoms with E-state index in [1.807, 2.05) is 18.2 Å². The summed E-state index contributed by atoms with van der Waals surface area (Å²) in [7, 11) is 0. The van der Waals surface area contributed by atoms with Crippen molar-refractivity contribution < 1.29 is 18.4 Å². The molecule has 0 fully saturated rings. The molecule has 3 aromatic carbocycles. The predicted octanol–water partition coefficient (Wildman–Crippen LogP) is 5.14. The van der Waals surface area contributed by atoms with E-state index in [0.717, 1.165) is 11.1 Å². The quantitative estimate of drug-likeness (QED) is 0.537. The molecule has 2 aliphatic heterocycles. The summed E-state index contributed by atoms with van der Waals surface area (Å²) in [6, 6.07) is 20.8. The van der Waals surface area contributed by atoms with Crippen molar-refractivity contribution in [2.75, 3.05) is 5.32 Å². The van der Waals surface area contributed by atoms with Gasteiger partial charge in [-0.25, -0.2) is 13.8 Å². The first-order valence-corrected chi connectivity index (χ1v) is 11.9. The van der Waals surface area contributed by atoms with Crippen LogP contribution in [-0.2, 0) is 9.59 Å². The number of aliphatic imine (C=N–C) groups is 1. The summed E-state index contributed by atoms with van der Waals surface area (Å²) in [6.45, 7) is 0. The smallest absolute Gasteiger partial charge is 0.262 e. The van der Waals surface area contributed by atoms with Gasteiger partial charge in [0, 0.05) is 18.5 Å². The van der Waals surface area contributed by atoms with Gasteiger partial charge in [0.05, 0.1) is 11.8 Å². The molecule has 0 bridgehead atoms. The summed E-state index contributed by atoms with van der Waals surface area (Å²) < 4.78 is 27.0. The summed E-state index contributed by atoms with van der Waals surface area (Å²) in [4.78, 5) is 29.3. The standard InChI is InChI=1S/C26H20F2N4O2S/c27-18-10-6-16(7-11-18)21-14-22(17-8-12-19(28)13-9-17)32(31-21)26-30-25(34)23(35-26)15-24(33)29-20-4-2-1-3-5-20/h1-13,22-23H,14-15H2,(H,29,33)/t22-,23-/m1/s1. The number of hydrazone groups is 1. The number of nitrogens with zero attached hydrogens (tertiary/aromatic N) is 3. The van der Waals surface area contributed by atoms with Crippen molar-refractivity contribution in [1.82, 2.24) is 5.01 Å². The van der Waals surface area contributed by atoms with Crippen LogP contribution in [0.4, 0.5) is 14.5 Å². The van der Waals surface area contributed by atoms with Gasteiger partial charge < -0.3 is 5.32 Å². The molecule has 0 aromatic heterocycles. The highest BCUT2D eigenvalue weighted by molar-refractivity contribution is 8.15. The van der Waals surface area contributed by atoms with Crippen LogP contribution in [0.3, 0.4) is 0 Å². The van der Waals surface area contributed by atoms with E-state index in [1.54, 1.807) is 41.4 Å². The van der Waals surface area contributed by atoms with Crippen LogP contribution in [-0.4, -0.2) is 33.0 Å². The van der Waals surface area contributed by atoms with Gasteiger partial charge in [-0.3, -0.25) is 9.59 Å². The van der Waals surface area contributed by atoms with Crippen molar-refractivity contribution in [2.45, 2.75) is 24.1 Å². The number of amidine groups is 1. The number of hydrogen-bond donors (Lipinski definition) is 1. The minimum Gasteiger partial charge on any atom is -0.326 e. The summed E-state index contributed by atoms with van der Waals surface area (Å²) in [5.41, 5.74) is 2.89. The van der Waals surface area contributed by atoms with E-state index < -0.39 is 11.2 Å². The van der Waals surface area contributed by atoms with E-state index in [0.29, 0.717) is 23.0 Å². The van der Waals surface area contributed by atoms with Gasteiger partial charge in [0.1, 0.15) is 16.9 Å². The van der Waals surface area contributed by atoms with Gasteiger partial charge in [-0.2, -0.15) is 10.1 Å². The second kappa shape index (κ2) is 9.79. The Hall–Kier alpha value is -3.85. The van der Waals surface area contributed by atoms with Gasteiger partial charge in [-0.1, -0.05) is 54.2 Å². The van der Waals surface area contributed by atoms with Crippen LogP contribution in [0.5, 0.6) is 0 Å². The van der Waals surface area contributed by atoms with Crippen LogP contribution in [0, 0.1) is 11.6 Å². The maximum atomic E-state index is 13.5. The molecule has 2 aliphatic rings. The number of carbonyl (C=O) groups is 2. The predicted molar refractivity (Wildman–Crippen MR) is 132 cm³/mol. The number of carbonyl (C=O) groups excluding carboxylic acids is 2. The second-order valence-corrected chi connectivity index (χ2v) is 9.30. The maximum absolute atomic E-state index is 13.5. The van der Waals surface area contributed by atoms with Gasteiger partial charge in [0.2, 0.25) is 5.91 Å². The minimum atomic E-state index is -0.673. The molecule has 0 saturated heterocycles. The molecule has 9 heteroatoms. The van der Waals surface area contributed by atoms with Crippen LogP contribution in [0.25, 0.3) is 0 Å². The van der Waals surface area contributed by atoms with Crippen molar-refractivity contribution in [3.8, 4) is 0 Å². The Morgan fingerprint density at radius 1 is 0.971 bits per heavy atom. The van der Waals surface area contributed by atoms with Crippen LogP contribution in [0.2, 0.25) is 0 Å². The van der Waals surface area contributed by atoms with E-state index in [1.165, 1.54) is 36.0 Å². The Balaban J connectivity index is 1.36. The molecule has 0 aliphatic carbocycles. The average molecular weight is 491 g/mol. The van der Waals surface area contributed by atoms with Gasteiger partial charge in [0.15, 0.2) is 5.17 Å². The molecule has 35 heavy (non-hydrogen) atoms. The molecule has 0 unspecified atom stereocenters. The van der Waals surface area contributed by atoms with E-state index in [9.17, 15) is 18.4 Å². The first-order chi connectivity index (χ1) is 17.0. The molecule has 2 heterocycles. The van der Waals surface area contributed by atoms with Crippen LogP contribution < -0.4 is 5.32 Å². The highest BCUT2D eigenvalue weighted by Gasteiger charge is 2.39. The lowest BCUT2D eigenvalue weighted by Crippen LogP contribution is -2.25. The SMILES string of the molecule is O=C(C[C@H]1SC(N2N=C(c3ccc(F)cc3)C[C@@H]2c2ccc(F)cc2)=NC1=O)Nc1ccccc1. The van der Waals surface area contributed by atoms with E-state index in [4.69, 9.17) is 5.10 Å². The number of benzene rings is 3. The van der Waals surface area contributed by atoms with Crippen molar-refractivity contribution in [1.29, 1.82) is 0 Å². The Morgan fingerprint density at radius 3 is 2.31 bits per heavy atom. The molecule has 0 spiro atoms. The molecule has 0 radical (unpaired) electrons. The average Bonchev–Trinajstić information content (AvgIpc) is 3.45. The summed E-state index contributed by atoms with van der Waals surface area (Å²) in [5, 5.41) is 8.82. The van der Waals surface area contributed by atoms with Gasteiger partial charge >= 0.3 is 0 Å². The molecule has 1 N–H and O–H groups in total. The van der Waals surface area contributed by atoms with Gasteiger partial charge in [0.25, 0.3) is 5.91 Å². The molecule has 2 atom stereocenters. The number of para-hydroxylation sites is 1. The fraction of sp³-hybridized carbons (Fsp3) is 0.154. The summed E-state index contributed by atoms with van der Waals surface area (Å²) in [6.07, 6.45) is 0.430. The largest absolute Gasteiger partial charge is 0.326 e. The van der Waals surface area contributed by atoms with E-state index in [-0.39, 0.29) is 30.0 Å². The maximum Gasteiger partial charge on any atom is 0.262 e. The third-order valence-corrected chi connectivity index (χ3v) is 6.84. The lowest BCUT2D eigenvalue weighted by Gasteiger charge is -2.23. The van der Waals surface area contributed by atoms with Gasteiger partial charge in [-0.15, -0.1) is 0 Å². The lowest BCUT2D eigenvalue weighted by atomic mass is 9.98. The van der Waals surface area contributed by atoms with Gasteiger partial charge in [-0.05, 0) is 47.5 Å². The summed E-state index contributed by atoms with van der Waals surface area (Å²) >= 11 is 1.18. The number of nitrogens with one attached hydrogen (secondary N) is 1. The zero-order valence-corrected chi connectivity index (χ0v) is 19.2. The van der Waals surface area contributed by atoms with E-state index >= 15 is 0 Å². The lowest BCUT2D eigenvalue weighted by molar-refractivity contribution is -0.121. The van der Waals surface area contributed by atoms with Crippen molar-refractivity contribution in [2.24, 2.45) is 10.1 Å².